The first-order chi connectivity index (χ1) is 11.8. The summed E-state index contributed by atoms with van der Waals surface area (Å²) in [5, 5.41) is 0. The minimum absolute atomic E-state index is 0.121. The zero-order chi connectivity index (χ0) is 18.0. The first kappa shape index (κ1) is 17.0. The molecule has 0 bridgehead atoms. The van der Waals surface area contributed by atoms with E-state index in [0.29, 0.717) is 43.4 Å². The molecular formula is C14H17F3N8. The first-order valence-corrected chi connectivity index (χ1v) is 7.57. The highest BCUT2D eigenvalue weighted by Crippen LogP contribution is 2.24. The Morgan fingerprint density at radius 2 is 1.52 bits per heavy atom. The highest BCUT2D eigenvalue weighted by atomic mass is 19.4. The number of anilines is 4. The summed E-state index contributed by atoms with van der Waals surface area (Å²) in [5.41, 5.74) is 12.8. The van der Waals surface area contributed by atoms with Gasteiger partial charge in [0.05, 0.1) is 30.0 Å². The molecule has 1 fully saturated rings. The molecule has 11 heteroatoms. The Balaban J connectivity index is 1.62. The van der Waals surface area contributed by atoms with Crippen molar-refractivity contribution in [2.75, 3.05) is 47.4 Å². The van der Waals surface area contributed by atoms with E-state index < -0.39 is 12.6 Å². The van der Waals surface area contributed by atoms with E-state index in [2.05, 4.69) is 19.9 Å². The lowest BCUT2D eigenvalue weighted by atomic mass is 10.2. The van der Waals surface area contributed by atoms with Crippen LogP contribution in [0.1, 0.15) is 5.82 Å². The van der Waals surface area contributed by atoms with Gasteiger partial charge < -0.3 is 21.3 Å². The summed E-state index contributed by atoms with van der Waals surface area (Å²) in [6, 6.07) is 0. The Morgan fingerprint density at radius 1 is 0.920 bits per heavy atom. The zero-order valence-corrected chi connectivity index (χ0v) is 13.2. The number of nitrogen functional groups attached to an aromatic ring is 2. The summed E-state index contributed by atoms with van der Waals surface area (Å²) in [6.07, 6.45) is -1.01. The summed E-state index contributed by atoms with van der Waals surface area (Å²) in [4.78, 5) is 19.5. The topological polar surface area (TPSA) is 110 Å². The second-order valence-corrected chi connectivity index (χ2v) is 5.62. The number of halogens is 3. The average Bonchev–Trinajstić information content (AvgIpc) is 2.54. The maximum atomic E-state index is 12.3. The molecule has 0 aliphatic carbocycles. The van der Waals surface area contributed by atoms with Gasteiger partial charge in [-0.15, -0.1) is 0 Å². The van der Waals surface area contributed by atoms with Crippen LogP contribution >= 0.6 is 0 Å². The number of alkyl halides is 3. The van der Waals surface area contributed by atoms with Crippen molar-refractivity contribution in [2.24, 2.45) is 0 Å². The van der Waals surface area contributed by atoms with E-state index >= 15 is 0 Å². The number of nitrogens with zero attached hydrogens (tertiary/aromatic N) is 6. The van der Waals surface area contributed by atoms with E-state index in [-0.39, 0.29) is 11.8 Å². The second-order valence-electron chi connectivity index (χ2n) is 5.62. The Hall–Kier alpha value is -2.85. The monoisotopic (exact) mass is 354 g/mol. The molecule has 0 unspecified atom stereocenters. The molecule has 1 aliphatic heterocycles. The van der Waals surface area contributed by atoms with Gasteiger partial charge in [0.1, 0.15) is 12.2 Å². The Kier molecular flexibility index (Phi) is 4.47. The number of piperazine rings is 1. The maximum absolute atomic E-state index is 12.3. The first-order valence-electron chi connectivity index (χ1n) is 7.57. The van der Waals surface area contributed by atoms with Gasteiger partial charge in [0.2, 0.25) is 5.95 Å². The largest absolute Gasteiger partial charge is 0.396 e. The Labute approximate surface area is 141 Å². The van der Waals surface area contributed by atoms with Crippen LogP contribution in [0.15, 0.2) is 18.6 Å². The molecule has 0 amide bonds. The molecule has 0 spiro atoms. The maximum Gasteiger partial charge on any atom is 0.396 e. The number of hydrogen-bond acceptors (Lipinski definition) is 8. The van der Waals surface area contributed by atoms with Crippen molar-refractivity contribution >= 4 is 23.1 Å². The highest BCUT2D eigenvalue weighted by molar-refractivity contribution is 5.64. The van der Waals surface area contributed by atoms with Gasteiger partial charge in [0.15, 0.2) is 5.82 Å². The zero-order valence-electron chi connectivity index (χ0n) is 13.2. The van der Waals surface area contributed by atoms with Gasteiger partial charge in [0, 0.05) is 26.2 Å². The summed E-state index contributed by atoms with van der Waals surface area (Å²) in [5.74, 6) is 0.207. The normalized spacial score (nSPS) is 15.5. The number of rotatable bonds is 3. The van der Waals surface area contributed by atoms with Crippen LogP contribution in [0, 0.1) is 0 Å². The third-order valence-electron chi connectivity index (χ3n) is 3.85. The molecule has 0 saturated carbocycles. The molecule has 0 atom stereocenters. The lowest BCUT2D eigenvalue weighted by Crippen LogP contribution is -2.47. The van der Waals surface area contributed by atoms with Gasteiger partial charge in [-0.25, -0.2) is 15.0 Å². The fourth-order valence-electron chi connectivity index (χ4n) is 2.63. The standard InChI is InChI=1S/C14H17F3N8/c15-14(16,17)5-11-20-6-9(7-21-11)24-1-3-25(4-2-24)10-8-22-13(19)23-12(10)18/h6-8H,1-5H2,(H4,18,19,22,23). The lowest BCUT2D eigenvalue weighted by Gasteiger charge is -2.37. The minimum atomic E-state index is -4.31. The lowest BCUT2D eigenvalue weighted by molar-refractivity contribution is -0.128. The highest BCUT2D eigenvalue weighted by Gasteiger charge is 2.29. The fourth-order valence-corrected chi connectivity index (χ4v) is 2.63. The van der Waals surface area contributed by atoms with Gasteiger partial charge in [-0.2, -0.15) is 18.2 Å². The predicted octanol–water partition coefficient (Wildman–Crippen LogP) is 0.862. The van der Waals surface area contributed by atoms with Crippen molar-refractivity contribution in [2.45, 2.75) is 12.6 Å². The Morgan fingerprint density at radius 3 is 2.08 bits per heavy atom. The van der Waals surface area contributed by atoms with Crippen LogP contribution in [0.2, 0.25) is 0 Å². The third kappa shape index (κ3) is 4.17. The van der Waals surface area contributed by atoms with E-state index in [1.54, 1.807) is 6.20 Å². The van der Waals surface area contributed by atoms with Gasteiger partial charge in [-0.3, -0.25) is 0 Å². The van der Waals surface area contributed by atoms with E-state index in [4.69, 9.17) is 11.5 Å². The van der Waals surface area contributed by atoms with Crippen LogP contribution in [0.4, 0.5) is 36.3 Å². The SMILES string of the molecule is Nc1ncc(N2CCN(c3cnc(CC(F)(F)F)nc3)CC2)c(N)n1. The molecule has 3 heterocycles. The average molecular weight is 354 g/mol. The summed E-state index contributed by atoms with van der Waals surface area (Å²) < 4.78 is 37.0. The third-order valence-corrected chi connectivity index (χ3v) is 3.85. The molecule has 4 N–H and O–H groups in total. The molecule has 2 aromatic heterocycles. The van der Waals surface area contributed by atoms with Crippen molar-refractivity contribution in [3.05, 3.63) is 24.4 Å². The Bertz CT molecular complexity index is 726. The van der Waals surface area contributed by atoms with Crippen molar-refractivity contribution in [1.29, 1.82) is 0 Å². The van der Waals surface area contributed by atoms with Gasteiger partial charge in [-0.1, -0.05) is 0 Å². The van der Waals surface area contributed by atoms with Crippen LogP contribution in [-0.4, -0.2) is 52.3 Å². The van der Waals surface area contributed by atoms with Crippen molar-refractivity contribution in [1.82, 2.24) is 19.9 Å². The van der Waals surface area contributed by atoms with E-state index in [0.717, 1.165) is 0 Å². The van der Waals surface area contributed by atoms with Crippen LogP contribution in [0.25, 0.3) is 0 Å². The van der Waals surface area contributed by atoms with E-state index in [9.17, 15) is 13.2 Å². The van der Waals surface area contributed by atoms with Gasteiger partial charge in [0.25, 0.3) is 0 Å². The molecule has 2 aromatic rings. The predicted molar refractivity (Wildman–Crippen MR) is 87.1 cm³/mol. The van der Waals surface area contributed by atoms with Crippen LogP contribution in [-0.2, 0) is 6.42 Å². The van der Waals surface area contributed by atoms with Crippen molar-refractivity contribution < 1.29 is 13.2 Å². The smallest absolute Gasteiger partial charge is 0.382 e. The van der Waals surface area contributed by atoms with Crippen molar-refractivity contribution in [3.63, 3.8) is 0 Å². The minimum Gasteiger partial charge on any atom is -0.382 e. The van der Waals surface area contributed by atoms with E-state index in [1.807, 2.05) is 9.80 Å². The van der Waals surface area contributed by atoms with Crippen LogP contribution in [0.5, 0.6) is 0 Å². The van der Waals surface area contributed by atoms with Gasteiger partial charge in [-0.05, 0) is 0 Å². The quantitative estimate of drug-likeness (QED) is 0.835. The number of hydrogen-bond donors (Lipinski definition) is 2. The second kappa shape index (κ2) is 6.57. The van der Waals surface area contributed by atoms with Crippen LogP contribution in [0.3, 0.4) is 0 Å². The molecule has 0 radical (unpaired) electrons. The number of nitrogens with two attached hydrogens (primary N) is 2. The molecular weight excluding hydrogens is 337 g/mol. The van der Waals surface area contributed by atoms with E-state index in [1.165, 1.54) is 12.4 Å². The summed E-state index contributed by atoms with van der Waals surface area (Å²) in [6.45, 7) is 2.60. The summed E-state index contributed by atoms with van der Waals surface area (Å²) in [7, 11) is 0. The van der Waals surface area contributed by atoms with Crippen molar-refractivity contribution in [3.8, 4) is 0 Å². The molecule has 25 heavy (non-hydrogen) atoms. The summed E-state index contributed by atoms with van der Waals surface area (Å²) >= 11 is 0. The number of aromatic nitrogens is 4. The molecule has 1 saturated heterocycles. The molecule has 1 aliphatic rings. The molecule has 0 aromatic carbocycles. The molecule has 8 nitrogen and oxygen atoms in total. The van der Waals surface area contributed by atoms with Gasteiger partial charge >= 0.3 is 6.18 Å². The fraction of sp³-hybridized carbons (Fsp3) is 0.429. The molecule has 3 rings (SSSR count). The molecule has 134 valence electrons. The van der Waals surface area contributed by atoms with Crippen LogP contribution < -0.4 is 21.3 Å².